The van der Waals surface area contributed by atoms with Gasteiger partial charge in [-0.05, 0) is 26.8 Å². The highest BCUT2D eigenvalue weighted by atomic mass is 31.2. The van der Waals surface area contributed by atoms with Crippen molar-refractivity contribution in [2.75, 3.05) is 13.2 Å². The molecule has 2 rings (SSSR count). The Morgan fingerprint density at radius 1 is 1.32 bits per heavy atom. The Morgan fingerprint density at radius 2 is 2.00 bits per heavy atom. The monoisotopic (exact) mass is 283 g/mol. The van der Waals surface area contributed by atoms with Crippen molar-refractivity contribution < 1.29 is 13.6 Å². The third-order valence-corrected chi connectivity index (χ3v) is 4.58. The van der Waals surface area contributed by atoms with E-state index in [1.807, 2.05) is 19.1 Å². The molecule has 0 atom stereocenters. The van der Waals surface area contributed by atoms with E-state index in [0.29, 0.717) is 13.2 Å². The molecule has 19 heavy (non-hydrogen) atoms. The summed E-state index contributed by atoms with van der Waals surface area (Å²) in [7, 11) is -3.13. The van der Waals surface area contributed by atoms with Crippen LogP contribution in [0.25, 0.3) is 5.65 Å². The molecule has 0 spiro atoms. The van der Waals surface area contributed by atoms with Crippen molar-refractivity contribution in [3.8, 4) is 0 Å². The van der Waals surface area contributed by atoms with E-state index in [-0.39, 0.29) is 6.16 Å². The molecule has 0 amide bonds. The van der Waals surface area contributed by atoms with Gasteiger partial charge in [-0.2, -0.15) is 5.10 Å². The molecule has 0 unspecified atom stereocenters. The van der Waals surface area contributed by atoms with Crippen molar-refractivity contribution in [3.63, 3.8) is 0 Å². The number of rotatable bonds is 6. The molecule has 7 heteroatoms. The van der Waals surface area contributed by atoms with Gasteiger partial charge in [-0.15, -0.1) is 0 Å². The van der Waals surface area contributed by atoms with E-state index in [2.05, 4.69) is 10.1 Å². The summed E-state index contributed by atoms with van der Waals surface area (Å²) in [6, 6.07) is 3.66. The van der Waals surface area contributed by atoms with Gasteiger partial charge < -0.3 is 9.05 Å². The maximum Gasteiger partial charge on any atom is 0.336 e. The van der Waals surface area contributed by atoms with Gasteiger partial charge >= 0.3 is 7.60 Å². The van der Waals surface area contributed by atoms with Gasteiger partial charge in [0.2, 0.25) is 0 Å². The van der Waals surface area contributed by atoms with E-state index >= 15 is 0 Å². The van der Waals surface area contributed by atoms with E-state index < -0.39 is 7.60 Å². The number of aryl methyl sites for hydroxylation is 1. The lowest BCUT2D eigenvalue weighted by molar-refractivity contribution is 0.218. The van der Waals surface area contributed by atoms with Gasteiger partial charge in [-0.25, -0.2) is 9.50 Å². The van der Waals surface area contributed by atoms with E-state index in [1.54, 1.807) is 24.6 Å². The quantitative estimate of drug-likeness (QED) is 0.763. The number of fused-ring (bicyclic) bond motifs is 1. The zero-order valence-electron chi connectivity index (χ0n) is 11.4. The molecule has 0 aliphatic heterocycles. The Bertz CT molecular complexity index is 601. The molecule has 0 radical (unpaired) electrons. The van der Waals surface area contributed by atoms with Crippen LogP contribution in [0.3, 0.4) is 0 Å². The fourth-order valence-electron chi connectivity index (χ4n) is 1.95. The van der Waals surface area contributed by atoms with Gasteiger partial charge in [0.15, 0.2) is 5.65 Å². The van der Waals surface area contributed by atoms with Crippen molar-refractivity contribution in [2.24, 2.45) is 0 Å². The van der Waals surface area contributed by atoms with E-state index in [1.165, 1.54) is 0 Å². The van der Waals surface area contributed by atoms with E-state index in [4.69, 9.17) is 9.05 Å². The Hall–Kier alpha value is -1.23. The molecule has 2 heterocycles. The zero-order valence-corrected chi connectivity index (χ0v) is 12.3. The Morgan fingerprint density at radius 3 is 2.63 bits per heavy atom. The van der Waals surface area contributed by atoms with E-state index in [9.17, 15) is 4.57 Å². The van der Waals surface area contributed by atoms with E-state index in [0.717, 1.165) is 17.0 Å². The van der Waals surface area contributed by atoms with Crippen LogP contribution in [0.2, 0.25) is 0 Å². The molecule has 0 bridgehead atoms. The summed E-state index contributed by atoms with van der Waals surface area (Å²) in [5.74, 6) is 0. The van der Waals surface area contributed by atoms with Crippen LogP contribution in [-0.2, 0) is 19.8 Å². The second kappa shape index (κ2) is 5.82. The first-order valence-corrected chi connectivity index (χ1v) is 7.99. The minimum Gasteiger partial charge on any atom is -0.309 e. The highest BCUT2D eigenvalue weighted by molar-refractivity contribution is 7.53. The molecular formula is C12H18N3O3P. The molecule has 2 aromatic heterocycles. The summed E-state index contributed by atoms with van der Waals surface area (Å²) in [4.78, 5) is 4.35. The van der Waals surface area contributed by atoms with Crippen molar-refractivity contribution >= 4 is 13.2 Å². The van der Waals surface area contributed by atoms with Crippen LogP contribution in [-0.4, -0.2) is 27.8 Å². The number of nitrogens with zero attached hydrogens (tertiary/aromatic N) is 3. The van der Waals surface area contributed by atoms with Crippen molar-refractivity contribution in [1.29, 1.82) is 0 Å². The highest BCUT2D eigenvalue weighted by Crippen LogP contribution is 2.51. The zero-order chi connectivity index (χ0) is 13.9. The predicted octanol–water partition coefficient (Wildman–Crippen LogP) is 2.80. The van der Waals surface area contributed by atoms with Crippen molar-refractivity contribution in [1.82, 2.24) is 14.6 Å². The summed E-state index contributed by atoms with van der Waals surface area (Å²) in [6.45, 7) is 6.19. The summed E-state index contributed by atoms with van der Waals surface area (Å²) < 4.78 is 24.8. The van der Waals surface area contributed by atoms with Gasteiger partial charge in [0.25, 0.3) is 0 Å². The lowest BCUT2D eigenvalue weighted by Gasteiger charge is -2.17. The molecule has 0 aliphatic rings. The molecule has 104 valence electrons. The van der Waals surface area contributed by atoms with Crippen LogP contribution < -0.4 is 0 Å². The van der Waals surface area contributed by atoms with Crippen LogP contribution in [0.4, 0.5) is 0 Å². The van der Waals surface area contributed by atoms with Crippen molar-refractivity contribution in [2.45, 2.75) is 26.9 Å². The summed E-state index contributed by atoms with van der Waals surface area (Å²) in [6.07, 6.45) is 1.85. The highest BCUT2D eigenvalue weighted by Gasteiger charge is 2.26. The first kappa shape index (κ1) is 14.2. The minimum atomic E-state index is -3.13. The first-order valence-electron chi connectivity index (χ1n) is 6.26. The van der Waals surface area contributed by atoms with Gasteiger partial charge in [-0.3, -0.25) is 4.57 Å². The normalized spacial score (nSPS) is 12.2. The number of hydrogen-bond donors (Lipinski definition) is 0. The second-order valence-corrected chi connectivity index (χ2v) is 6.15. The fourth-order valence-corrected chi connectivity index (χ4v) is 3.62. The average Bonchev–Trinajstić information content (AvgIpc) is 2.77. The molecule has 0 saturated heterocycles. The Kier molecular flexibility index (Phi) is 4.34. The molecule has 0 aliphatic carbocycles. The summed E-state index contributed by atoms with van der Waals surface area (Å²) in [5.41, 5.74) is 2.36. The summed E-state index contributed by atoms with van der Waals surface area (Å²) >= 11 is 0. The van der Waals surface area contributed by atoms with Crippen molar-refractivity contribution in [3.05, 3.63) is 29.7 Å². The maximum atomic E-state index is 12.6. The molecule has 2 aromatic rings. The largest absolute Gasteiger partial charge is 0.336 e. The lowest BCUT2D eigenvalue weighted by Crippen LogP contribution is -2.05. The first-order chi connectivity index (χ1) is 9.08. The topological polar surface area (TPSA) is 65.7 Å². The van der Waals surface area contributed by atoms with Crippen LogP contribution in [0.15, 0.2) is 18.3 Å². The number of hydrogen-bond acceptors (Lipinski definition) is 5. The third kappa shape index (κ3) is 3.21. The molecule has 0 fully saturated rings. The average molecular weight is 283 g/mol. The SMILES string of the molecule is CCOP(=O)(Cc1cc(C)nc2ccnn12)OCC. The van der Waals surface area contributed by atoms with Crippen LogP contribution in [0, 0.1) is 6.92 Å². The van der Waals surface area contributed by atoms with Gasteiger partial charge in [0.1, 0.15) is 0 Å². The lowest BCUT2D eigenvalue weighted by atomic mass is 10.3. The smallest absolute Gasteiger partial charge is 0.309 e. The summed E-state index contributed by atoms with van der Waals surface area (Å²) in [5, 5.41) is 4.19. The second-order valence-electron chi connectivity index (χ2n) is 4.09. The van der Waals surface area contributed by atoms with Gasteiger partial charge in [0.05, 0.1) is 31.3 Å². The minimum absolute atomic E-state index is 0.191. The van der Waals surface area contributed by atoms with Crippen LogP contribution in [0.1, 0.15) is 25.2 Å². The predicted molar refractivity (Wildman–Crippen MR) is 72.3 cm³/mol. The Labute approximate surface area is 112 Å². The molecule has 0 aromatic carbocycles. The standard InChI is InChI=1S/C12H18N3O3P/c1-4-17-19(16,18-5-2)9-11-8-10(3)14-12-6-7-13-15(11)12/h6-8H,4-5,9H2,1-3H3. The Balaban J connectivity index is 2.38. The van der Waals surface area contributed by atoms with Gasteiger partial charge in [-0.1, -0.05) is 0 Å². The molecule has 0 saturated carbocycles. The number of aromatic nitrogens is 3. The molecule has 6 nitrogen and oxygen atoms in total. The third-order valence-electron chi connectivity index (χ3n) is 2.57. The van der Waals surface area contributed by atoms with Gasteiger partial charge in [0, 0.05) is 11.8 Å². The molecular weight excluding hydrogens is 265 g/mol. The maximum absolute atomic E-state index is 12.6. The molecule has 0 N–H and O–H groups in total. The fraction of sp³-hybridized carbons (Fsp3) is 0.500. The van der Waals surface area contributed by atoms with Crippen LogP contribution >= 0.6 is 7.60 Å². The van der Waals surface area contributed by atoms with Crippen LogP contribution in [0.5, 0.6) is 0 Å².